The summed E-state index contributed by atoms with van der Waals surface area (Å²) in [5.41, 5.74) is -0.638. The summed E-state index contributed by atoms with van der Waals surface area (Å²) in [5.74, 6) is -3.87. The molecule has 2 rings (SSSR count). The first-order chi connectivity index (χ1) is 9.33. The Morgan fingerprint density at radius 2 is 1.90 bits per heavy atom. The van der Waals surface area contributed by atoms with Gasteiger partial charge in [0.25, 0.3) is 0 Å². The summed E-state index contributed by atoms with van der Waals surface area (Å²) in [7, 11) is 2.66. The third-order valence-electron chi connectivity index (χ3n) is 3.48. The van der Waals surface area contributed by atoms with Gasteiger partial charge in [-0.25, -0.2) is 4.39 Å². The summed E-state index contributed by atoms with van der Waals surface area (Å²) in [6.45, 7) is 3.40. The van der Waals surface area contributed by atoms with Crippen molar-refractivity contribution in [2.45, 2.75) is 31.5 Å². The van der Waals surface area contributed by atoms with Gasteiger partial charge >= 0.3 is 5.97 Å². The molecule has 1 aliphatic heterocycles. The lowest BCUT2D eigenvalue weighted by atomic mass is 9.87. The second-order valence-electron chi connectivity index (χ2n) is 5.14. The standard InChI is InChI=1S/C14H16F2O4/c1-14(2)12(19-4)9(13(17)20-14)7-5-6-8(15)10(16)11(7)18-3/h5-6,9,12H,1-4H3. The van der Waals surface area contributed by atoms with Crippen molar-refractivity contribution in [2.75, 3.05) is 14.2 Å². The molecule has 0 radical (unpaired) electrons. The molecule has 0 bridgehead atoms. The van der Waals surface area contributed by atoms with E-state index in [1.54, 1.807) is 13.8 Å². The number of ether oxygens (including phenoxy) is 3. The molecule has 1 fully saturated rings. The number of carbonyl (C=O) groups excluding carboxylic acids is 1. The fraction of sp³-hybridized carbons (Fsp3) is 0.500. The smallest absolute Gasteiger partial charge is 0.317 e. The average molecular weight is 286 g/mol. The molecule has 4 nitrogen and oxygen atoms in total. The molecule has 0 amide bonds. The fourth-order valence-corrected chi connectivity index (χ4v) is 2.62. The van der Waals surface area contributed by atoms with E-state index >= 15 is 0 Å². The maximum absolute atomic E-state index is 13.8. The van der Waals surface area contributed by atoms with Gasteiger partial charge in [0, 0.05) is 12.7 Å². The van der Waals surface area contributed by atoms with E-state index < -0.39 is 35.2 Å². The summed E-state index contributed by atoms with van der Waals surface area (Å²) in [6, 6.07) is 2.27. The number of rotatable bonds is 3. The minimum atomic E-state index is -1.13. The van der Waals surface area contributed by atoms with Gasteiger partial charge in [0.2, 0.25) is 5.82 Å². The Kier molecular flexibility index (Phi) is 3.69. The Balaban J connectivity index is 2.56. The number of carbonyl (C=O) groups is 1. The normalized spacial score (nSPS) is 24.6. The van der Waals surface area contributed by atoms with Crippen molar-refractivity contribution < 1.29 is 27.8 Å². The van der Waals surface area contributed by atoms with Crippen LogP contribution < -0.4 is 4.74 Å². The van der Waals surface area contributed by atoms with E-state index in [1.807, 2.05) is 0 Å². The van der Waals surface area contributed by atoms with Crippen LogP contribution in [-0.2, 0) is 14.3 Å². The van der Waals surface area contributed by atoms with Crippen molar-refractivity contribution in [1.82, 2.24) is 0 Å². The van der Waals surface area contributed by atoms with Crippen LogP contribution in [0.5, 0.6) is 5.75 Å². The SMILES string of the molecule is COc1c(C2C(=O)OC(C)(C)C2OC)ccc(F)c1F. The fourth-order valence-electron chi connectivity index (χ4n) is 2.62. The largest absolute Gasteiger partial charge is 0.493 e. The molecule has 1 aromatic carbocycles. The van der Waals surface area contributed by atoms with Gasteiger partial charge in [0.15, 0.2) is 11.6 Å². The molecule has 20 heavy (non-hydrogen) atoms. The highest BCUT2D eigenvalue weighted by Gasteiger charge is 2.52. The molecule has 2 atom stereocenters. The van der Waals surface area contributed by atoms with E-state index in [9.17, 15) is 13.6 Å². The third-order valence-corrected chi connectivity index (χ3v) is 3.48. The number of cyclic esters (lactones) is 1. The molecule has 0 N–H and O–H groups in total. The third kappa shape index (κ3) is 2.14. The number of methoxy groups -OCH3 is 2. The van der Waals surface area contributed by atoms with Crippen molar-refractivity contribution in [2.24, 2.45) is 0 Å². The lowest BCUT2D eigenvalue weighted by Crippen LogP contribution is -2.36. The second kappa shape index (κ2) is 5.01. The first-order valence-corrected chi connectivity index (χ1v) is 6.11. The van der Waals surface area contributed by atoms with Gasteiger partial charge in [-0.15, -0.1) is 0 Å². The highest BCUT2D eigenvalue weighted by molar-refractivity contribution is 5.83. The Morgan fingerprint density at radius 3 is 2.45 bits per heavy atom. The van der Waals surface area contributed by atoms with Crippen LogP contribution >= 0.6 is 0 Å². The summed E-state index contributed by atoms with van der Waals surface area (Å²) in [5, 5.41) is 0. The molecule has 1 aromatic rings. The quantitative estimate of drug-likeness (QED) is 0.800. The van der Waals surface area contributed by atoms with Crippen LogP contribution in [0.25, 0.3) is 0 Å². The predicted octanol–water partition coefficient (Wildman–Crippen LogP) is 2.41. The minimum absolute atomic E-state index is 0.217. The summed E-state index contributed by atoms with van der Waals surface area (Å²) >= 11 is 0. The van der Waals surface area contributed by atoms with Gasteiger partial charge < -0.3 is 14.2 Å². The lowest BCUT2D eigenvalue weighted by molar-refractivity contribution is -0.148. The molecule has 1 heterocycles. The zero-order chi connectivity index (χ0) is 15.1. The maximum Gasteiger partial charge on any atom is 0.317 e. The first kappa shape index (κ1) is 14.7. The van der Waals surface area contributed by atoms with Crippen molar-refractivity contribution in [3.63, 3.8) is 0 Å². The monoisotopic (exact) mass is 286 g/mol. The molecule has 6 heteroatoms. The van der Waals surface area contributed by atoms with Crippen LogP contribution in [0, 0.1) is 11.6 Å². The number of hydrogen-bond donors (Lipinski definition) is 0. The van der Waals surface area contributed by atoms with E-state index in [2.05, 4.69) is 0 Å². The van der Waals surface area contributed by atoms with E-state index in [4.69, 9.17) is 14.2 Å². The number of hydrogen-bond acceptors (Lipinski definition) is 4. The van der Waals surface area contributed by atoms with Crippen LogP contribution in [0.1, 0.15) is 25.3 Å². The second-order valence-corrected chi connectivity index (χ2v) is 5.14. The van der Waals surface area contributed by atoms with Crippen LogP contribution in [0.2, 0.25) is 0 Å². The van der Waals surface area contributed by atoms with E-state index in [-0.39, 0.29) is 11.3 Å². The van der Waals surface area contributed by atoms with Crippen LogP contribution in [0.4, 0.5) is 8.78 Å². The van der Waals surface area contributed by atoms with Crippen molar-refractivity contribution in [3.05, 3.63) is 29.3 Å². The van der Waals surface area contributed by atoms with Gasteiger partial charge in [-0.05, 0) is 19.9 Å². The Morgan fingerprint density at radius 1 is 1.25 bits per heavy atom. The van der Waals surface area contributed by atoms with Gasteiger partial charge in [0.1, 0.15) is 17.6 Å². The van der Waals surface area contributed by atoms with Crippen molar-refractivity contribution >= 4 is 5.97 Å². The number of halogens is 2. The van der Waals surface area contributed by atoms with Gasteiger partial charge in [-0.1, -0.05) is 6.07 Å². The highest BCUT2D eigenvalue weighted by atomic mass is 19.2. The molecule has 1 saturated heterocycles. The van der Waals surface area contributed by atoms with Crippen molar-refractivity contribution in [3.8, 4) is 5.75 Å². The minimum Gasteiger partial charge on any atom is -0.493 e. The van der Waals surface area contributed by atoms with E-state index in [1.165, 1.54) is 20.3 Å². The highest BCUT2D eigenvalue weighted by Crippen LogP contribution is 2.43. The van der Waals surface area contributed by atoms with Gasteiger partial charge in [-0.2, -0.15) is 4.39 Å². The molecule has 1 aliphatic rings. The molecular formula is C14H16F2O4. The van der Waals surface area contributed by atoms with Crippen LogP contribution in [0.3, 0.4) is 0 Å². The van der Waals surface area contributed by atoms with Crippen LogP contribution in [0.15, 0.2) is 12.1 Å². The average Bonchev–Trinajstić information content (AvgIpc) is 2.61. The maximum atomic E-state index is 13.8. The molecular weight excluding hydrogens is 270 g/mol. The van der Waals surface area contributed by atoms with Crippen molar-refractivity contribution in [1.29, 1.82) is 0 Å². The van der Waals surface area contributed by atoms with Gasteiger partial charge in [0.05, 0.1) is 7.11 Å². The van der Waals surface area contributed by atoms with Gasteiger partial charge in [-0.3, -0.25) is 4.79 Å². The van der Waals surface area contributed by atoms with E-state index in [0.29, 0.717) is 0 Å². The first-order valence-electron chi connectivity index (χ1n) is 6.11. The summed E-state index contributed by atoms with van der Waals surface area (Å²) < 4.78 is 42.5. The Bertz CT molecular complexity index is 542. The number of esters is 1. The topological polar surface area (TPSA) is 44.8 Å². The Labute approximate surface area is 115 Å². The zero-order valence-corrected chi connectivity index (χ0v) is 11.7. The zero-order valence-electron chi connectivity index (χ0n) is 11.7. The van der Waals surface area contributed by atoms with E-state index in [0.717, 1.165) is 6.07 Å². The molecule has 0 aromatic heterocycles. The lowest BCUT2D eigenvalue weighted by Gasteiger charge is -2.26. The predicted molar refractivity (Wildman–Crippen MR) is 66.6 cm³/mol. The number of benzene rings is 1. The molecule has 110 valence electrons. The van der Waals surface area contributed by atoms with Crippen LogP contribution in [-0.4, -0.2) is 31.9 Å². The Hall–Kier alpha value is -1.69. The molecule has 0 saturated carbocycles. The molecule has 2 unspecified atom stereocenters. The molecule has 0 spiro atoms. The summed E-state index contributed by atoms with van der Waals surface area (Å²) in [4.78, 5) is 12.1. The summed E-state index contributed by atoms with van der Waals surface area (Å²) in [6.07, 6.45) is -0.617. The molecule has 0 aliphatic carbocycles.